The molecule has 2 unspecified atom stereocenters. The molecule has 3 saturated carbocycles. The minimum absolute atomic E-state index is 0.0179. The third-order valence-corrected chi connectivity index (χ3v) is 12.0. The maximum atomic E-state index is 15.5. The Bertz CT molecular complexity index is 1900. The van der Waals surface area contributed by atoms with Gasteiger partial charge in [-0.15, -0.1) is 6.58 Å². The lowest BCUT2D eigenvalue weighted by atomic mass is 9.45. The predicted octanol–water partition coefficient (Wildman–Crippen LogP) is 6.98. The first-order valence-electron chi connectivity index (χ1n) is 17.2. The molecule has 9 nitrogen and oxygen atoms in total. The van der Waals surface area contributed by atoms with E-state index in [-0.39, 0.29) is 41.4 Å². The summed E-state index contributed by atoms with van der Waals surface area (Å²) in [6.45, 7) is 21.3. The number of carboxylic acids is 1. The molecule has 2 aromatic rings. The number of aryl methyl sites for hydroxylation is 1. The van der Waals surface area contributed by atoms with Crippen LogP contribution >= 0.6 is 0 Å². The quantitative estimate of drug-likeness (QED) is 0.237. The van der Waals surface area contributed by atoms with Gasteiger partial charge >= 0.3 is 5.97 Å². The van der Waals surface area contributed by atoms with Crippen molar-refractivity contribution in [3.63, 3.8) is 0 Å². The van der Waals surface area contributed by atoms with Crippen LogP contribution in [0.2, 0.25) is 0 Å². The fourth-order valence-electron chi connectivity index (χ4n) is 9.73. The minimum atomic E-state index is -1.70. The van der Waals surface area contributed by atoms with Crippen molar-refractivity contribution >= 4 is 17.5 Å². The van der Waals surface area contributed by atoms with Gasteiger partial charge < -0.3 is 29.2 Å². The number of benzene rings is 2. The number of carbonyl (C=O) groups is 3. The summed E-state index contributed by atoms with van der Waals surface area (Å²) in [5.74, 6) is -3.67. The molecular formula is C40H46O9. The lowest BCUT2D eigenvalue weighted by Crippen LogP contribution is -2.80. The zero-order chi connectivity index (χ0) is 35.8. The van der Waals surface area contributed by atoms with Gasteiger partial charge in [-0.1, -0.05) is 49.8 Å². The molecule has 6 atom stereocenters. The summed E-state index contributed by atoms with van der Waals surface area (Å²) in [5, 5.41) is 22.1. The summed E-state index contributed by atoms with van der Waals surface area (Å²) in [6.07, 6.45) is 2.68. The van der Waals surface area contributed by atoms with E-state index >= 15 is 4.79 Å². The summed E-state index contributed by atoms with van der Waals surface area (Å²) in [4.78, 5) is 42.2. The van der Waals surface area contributed by atoms with Crippen LogP contribution in [0.1, 0.15) is 95.3 Å². The fourth-order valence-corrected chi connectivity index (χ4v) is 9.73. The fraction of sp³-hybridized carbons (Fsp3) is 0.525. The van der Waals surface area contributed by atoms with Crippen LogP contribution in [-0.4, -0.2) is 57.3 Å². The second kappa shape index (κ2) is 10.3. The Hall–Kier alpha value is -3.95. The van der Waals surface area contributed by atoms with Crippen molar-refractivity contribution in [3.8, 4) is 28.4 Å². The monoisotopic (exact) mass is 670 g/mol. The van der Waals surface area contributed by atoms with Gasteiger partial charge in [-0.2, -0.15) is 0 Å². The molecule has 1 saturated heterocycles. The van der Waals surface area contributed by atoms with Crippen molar-refractivity contribution < 1.29 is 43.5 Å². The van der Waals surface area contributed by atoms with E-state index in [4.69, 9.17) is 18.9 Å². The van der Waals surface area contributed by atoms with Crippen LogP contribution in [0.25, 0.3) is 11.1 Å². The molecule has 260 valence electrons. The second-order valence-corrected chi connectivity index (χ2v) is 16.1. The molecule has 2 aromatic carbocycles. The van der Waals surface area contributed by atoms with Crippen molar-refractivity contribution in [2.75, 3.05) is 6.61 Å². The molecular weight excluding hydrogens is 624 g/mol. The number of allylic oxidation sites excluding steroid dienone is 1. The van der Waals surface area contributed by atoms with Gasteiger partial charge in [0.15, 0.2) is 22.8 Å². The van der Waals surface area contributed by atoms with Crippen LogP contribution < -0.4 is 9.47 Å². The molecule has 6 aliphatic rings. The third kappa shape index (κ3) is 4.09. The van der Waals surface area contributed by atoms with E-state index in [0.29, 0.717) is 23.3 Å². The van der Waals surface area contributed by atoms with Crippen molar-refractivity contribution in [1.29, 1.82) is 0 Å². The van der Waals surface area contributed by atoms with E-state index in [1.54, 1.807) is 6.08 Å². The van der Waals surface area contributed by atoms with Crippen LogP contribution in [0.5, 0.6) is 17.2 Å². The Morgan fingerprint density at radius 1 is 1.12 bits per heavy atom. The summed E-state index contributed by atoms with van der Waals surface area (Å²) >= 11 is 0. The molecule has 1 spiro atoms. The predicted molar refractivity (Wildman–Crippen MR) is 182 cm³/mol. The molecule has 3 heterocycles. The summed E-state index contributed by atoms with van der Waals surface area (Å²) < 4.78 is 27.3. The number of ketones is 2. The van der Waals surface area contributed by atoms with Crippen LogP contribution in [0.3, 0.4) is 0 Å². The van der Waals surface area contributed by atoms with E-state index in [2.05, 4.69) is 6.58 Å². The molecule has 0 amide bonds. The summed E-state index contributed by atoms with van der Waals surface area (Å²) in [7, 11) is 0. The molecule has 3 aliphatic carbocycles. The van der Waals surface area contributed by atoms with Gasteiger partial charge in [0.1, 0.15) is 28.4 Å². The van der Waals surface area contributed by atoms with Gasteiger partial charge in [-0.3, -0.25) is 9.59 Å². The topological polar surface area (TPSA) is 129 Å². The molecule has 0 aromatic heterocycles. The molecule has 9 heteroatoms. The zero-order valence-electron chi connectivity index (χ0n) is 29.8. The minimum Gasteiger partial charge on any atom is -0.506 e. The molecule has 3 aliphatic heterocycles. The van der Waals surface area contributed by atoms with Gasteiger partial charge in [0, 0.05) is 47.0 Å². The molecule has 4 bridgehead atoms. The van der Waals surface area contributed by atoms with E-state index in [0.717, 1.165) is 16.7 Å². The summed E-state index contributed by atoms with van der Waals surface area (Å²) in [5.41, 5.74) is -2.24. The van der Waals surface area contributed by atoms with Crippen LogP contribution in [0.15, 0.2) is 42.5 Å². The van der Waals surface area contributed by atoms with E-state index in [1.807, 2.05) is 73.6 Å². The number of phenols is 1. The summed E-state index contributed by atoms with van der Waals surface area (Å²) in [6, 6.07) is 5.98. The van der Waals surface area contributed by atoms with Crippen molar-refractivity contribution in [2.45, 2.75) is 109 Å². The van der Waals surface area contributed by atoms with Gasteiger partial charge in [-0.05, 0) is 60.5 Å². The Balaban J connectivity index is 1.60. The van der Waals surface area contributed by atoms with E-state index < -0.39 is 63.4 Å². The highest BCUT2D eigenvalue weighted by molar-refractivity contribution is 6.11. The maximum Gasteiger partial charge on any atom is 0.330 e. The number of fused-ring (bicyclic) bond motifs is 4. The first-order valence-corrected chi connectivity index (χ1v) is 17.2. The van der Waals surface area contributed by atoms with E-state index in [9.17, 15) is 19.8 Å². The van der Waals surface area contributed by atoms with E-state index in [1.165, 1.54) is 13.0 Å². The Kier molecular flexibility index (Phi) is 7.05. The highest BCUT2D eigenvalue weighted by atomic mass is 16.6. The highest BCUT2D eigenvalue weighted by Gasteiger charge is 2.86. The standard InChI is InChI=1S/C40H46O9/c1-11-36(5,6)28-32-25(21-17-19(3)13-14-23(21)37(7,8)47-32)29(41)26-30(42)27-31(46-12-2)22-18-24-38(9,10)49-39(34(22)43,16-15-20(4)35(44)45)40(24,27)48-33(26)28/h11,13-15,17,22,24,27,31,41H,1,12,16,18H2,2-10H3,(H,44,45)/b20-15+/t22-,24-,27?,31?,39-,40-/m1/s1. The molecule has 4 fully saturated rings. The molecule has 2 N–H and O–H groups in total. The van der Waals surface area contributed by atoms with Gasteiger partial charge in [0.2, 0.25) is 0 Å². The smallest absolute Gasteiger partial charge is 0.330 e. The first-order chi connectivity index (χ1) is 22.8. The van der Waals surface area contributed by atoms with Crippen LogP contribution in [0.4, 0.5) is 0 Å². The number of Topliss-reactive ketones (excluding diaryl/α,β-unsaturated/α-hetero) is 2. The first kappa shape index (κ1) is 33.5. The van der Waals surface area contributed by atoms with Gasteiger partial charge in [0.25, 0.3) is 0 Å². The van der Waals surface area contributed by atoms with Crippen molar-refractivity contribution in [2.24, 2.45) is 17.8 Å². The number of ether oxygens (including phenoxy) is 4. The van der Waals surface area contributed by atoms with Crippen molar-refractivity contribution in [1.82, 2.24) is 0 Å². The molecule has 8 rings (SSSR count). The Labute approximate surface area is 287 Å². The zero-order valence-corrected chi connectivity index (χ0v) is 29.8. The lowest BCUT2D eigenvalue weighted by molar-refractivity contribution is -0.227. The number of aromatic hydroxyl groups is 1. The number of hydrogen-bond donors (Lipinski definition) is 2. The number of phenolic OH excluding ortho intramolecular Hbond substituents is 1. The number of carbonyl (C=O) groups excluding carboxylic acids is 2. The molecule has 49 heavy (non-hydrogen) atoms. The van der Waals surface area contributed by atoms with Crippen molar-refractivity contribution in [3.05, 3.63) is 64.8 Å². The average Bonchev–Trinajstić information content (AvgIpc) is 3.15. The number of aliphatic carboxylic acids is 1. The SMILES string of the molecule is C=CC(C)(C)c1c2c(c(O)c3c1OC(C)(C)c1ccc(C)cc1-3)C(=O)C1C(OCC)[C@H]3C[C@@H]4C(C)(C)O[C@](C/C=C(\C)C(=O)O)(C3=O)[C@]14O2. The average molecular weight is 671 g/mol. The largest absolute Gasteiger partial charge is 0.506 e. The number of hydrogen-bond acceptors (Lipinski definition) is 8. The number of carboxylic acid groups (broad SMARTS) is 1. The lowest BCUT2D eigenvalue weighted by Gasteiger charge is -2.62. The number of rotatable bonds is 7. The Morgan fingerprint density at radius 2 is 1.80 bits per heavy atom. The molecule has 0 radical (unpaired) electrons. The van der Waals surface area contributed by atoms with Crippen LogP contribution in [-0.2, 0) is 30.1 Å². The normalized spacial score (nSPS) is 31.6. The van der Waals surface area contributed by atoms with Gasteiger partial charge in [-0.25, -0.2) is 4.79 Å². The second-order valence-electron chi connectivity index (χ2n) is 16.1. The Morgan fingerprint density at radius 3 is 2.43 bits per heavy atom. The van der Waals surface area contributed by atoms with Crippen LogP contribution in [0, 0.1) is 24.7 Å². The maximum absolute atomic E-state index is 15.5. The van der Waals surface area contributed by atoms with Gasteiger partial charge in [0.05, 0.1) is 23.2 Å². The highest BCUT2D eigenvalue weighted by Crippen LogP contribution is 2.71. The third-order valence-electron chi connectivity index (χ3n) is 12.0.